The maximum atomic E-state index is 13.5. The first kappa shape index (κ1) is 30.0. The number of nitrogens with zero attached hydrogens (tertiary/aromatic N) is 2. The summed E-state index contributed by atoms with van der Waals surface area (Å²) in [5.41, 5.74) is 1.06. The summed E-state index contributed by atoms with van der Waals surface area (Å²) < 4.78 is 44.9. The molecule has 1 amide bonds. The smallest absolute Gasteiger partial charge is 0.288 e. The molecule has 40 heavy (non-hydrogen) atoms. The molecule has 9 nitrogen and oxygen atoms in total. The van der Waals surface area contributed by atoms with Crippen LogP contribution in [0.15, 0.2) is 71.3 Å². The van der Waals surface area contributed by atoms with Crippen LogP contribution in [0.2, 0.25) is 0 Å². The number of hydrogen-bond acceptors (Lipinski definition) is 7. The van der Waals surface area contributed by atoms with E-state index in [9.17, 15) is 18.3 Å². The van der Waals surface area contributed by atoms with Crippen LogP contribution in [-0.4, -0.2) is 81.4 Å². The number of amides is 1. The monoisotopic (exact) mass is 572 g/mol. The number of carbonyl (C=O) groups is 1. The highest BCUT2D eigenvalue weighted by molar-refractivity contribution is 7.89. The van der Waals surface area contributed by atoms with E-state index in [0.717, 1.165) is 31.2 Å². The number of aliphatic hydroxyl groups is 1. The maximum absolute atomic E-state index is 13.5. The molecule has 0 spiro atoms. The molecule has 0 aromatic heterocycles. The number of hydrogen-bond donors (Lipinski definition) is 1. The zero-order valence-electron chi connectivity index (χ0n) is 23.1. The lowest BCUT2D eigenvalue weighted by Crippen LogP contribution is -2.39. The Morgan fingerprint density at radius 1 is 1.00 bits per heavy atom. The van der Waals surface area contributed by atoms with Crippen LogP contribution in [0.3, 0.4) is 0 Å². The second-order valence-electron chi connectivity index (χ2n) is 10.1. The first-order valence-electron chi connectivity index (χ1n) is 14.0. The van der Waals surface area contributed by atoms with Gasteiger partial charge in [-0.15, -0.1) is 0 Å². The van der Waals surface area contributed by atoms with Crippen molar-refractivity contribution in [2.75, 3.05) is 46.5 Å². The van der Waals surface area contributed by atoms with Gasteiger partial charge in [0.15, 0.2) is 5.76 Å². The predicted octanol–water partition coefficient (Wildman–Crippen LogP) is 3.90. The number of methoxy groups -OCH3 is 1. The van der Waals surface area contributed by atoms with E-state index in [1.807, 2.05) is 41.3 Å². The lowest BCUT2D eigenvalue weighted by molar-refractivity contribution is -0.153. The molecule has 10 heteroatoms. The lowest BCUT2D eigenvalue weighted by Gasteiger charge is -2.32. The quantitative estimate of drug-likeness (QED) is 0.435. The van der Waals surface area contributed by atoms with Gasteiger partial charge in [0, 0.05) is 38.5 Å². The van der Waals surface area contributed by atoms with E-state index in [1.165, 1.54) is 30.0 Å². The number of aliphatic hydroxyl groups excluding tert-OH is 1. The molecular weight excluding hydrogens is 532 g/mol. The molecule has 1 saturated heterocycles. The number of likely N-dealkylation sites (tertiary alicyclic amines) is 1. The molecule has 2 aliphatic rings. The molecular formula is C30H40N2O7S. The molecule has 2 atom stereocenters. The van der Waals surface area contributed by atoms with E-state index in [-0.39, 0.29) is 48.8 Å². The fourth-order valence-electron chi connectivity index (χ4n) is 5.10. The molecule has 1 fully saturated rings. The molecule has 0 radical (unpaired) electrons. The van der Waals surface area contributed by atoms with Gasteiger partial charge in [-0.3, -0.25) is 4.79 Å². The van der Waals surface area contributed by atoms with Crippen LogP contribution in [0.5, 0.6) is 5.75 Å². The van der Waals surface area contributed by atoms with Gasteiger partial charge >= 0.3 is 0 Å². The summed E-state index contributed by atoms with van der Waals surface area (Å²) >= 11 is 0. The van der Waals surface area contributed by atoms with Gasteiger partial charge in [-0.05, 0) is 48.7 Å². The van der Waals surface area contributed by atoms with Gasteiger partial charge in [0.25, 0.3) is 5.91 Å². The van der Waals surface area contributed by atoms with E-state index in [2.05, 4.69) is 0 Å². The van der Waals surface area contributed by atoms with E-state index < -0.39 is 16.3 Å². The number of sulfonamides is 1. The normalized spacial score (nSPS) is 20.3. The first-order chi connectivity index (χ1) is 19.4. The molecule has 4 rings (SSSR count). The highest BCUT2D eigenvalue weighted by Gasteiger charge is 2.32. The van der Waals surface area contributed by atoms with Crippen LogP contribution in [-0.2, 0) is 24.3 Å². The molecule has 218 valence electrons. The molecule has 0 aliphatic carbocycles. The van der Waals surface area contributed by atoms with Gasteiger partial charge < -0.3 is 24.2 Å². The minimum Gasteiger partial charge on any atom is -0.497 e. The van der Waals surface area contributed by atoms with Gasteiger partial charge in [0.1, 0.15) is 5.75 Å². The van der Waals surface area contributed by atoms with Crippen LogP contribution in [0.1, 0.15) is 50.0 Å². The third-order valence-electron chi connectivity index (χ3n) is 7.33. The van der Waals surface area contributed by atoms with Crippen LogP contribution in [0.25, 0.3) is 0 Å². The van der Waals surface area contributed by atoms with Crippen LogP contribution in [0, 0.1) is 0 Å². The van der Waals surface area contributed by atoms with E-state index in [1.54, 1.807) is 12.1 Å². The number of carbonyl (C=O) groups excluding carboxylic acids is 1. The van der Waals surface area contributed by atoms with Gasteiger partial charge in [0.2, 0.25) is 16.3 Å². The van der Waals surface area contributed by atoms with Crippen LogP contribution >= 0.6 is 0 Å². The van der Waals surface area contributed by atoms with Crippen molar-refractivity contribution in [3.63, 3.8) is 0 Å². The fraction of sp³-hybridized carbons (Fsp3) is 0.500. The van der Waals surface area contributed by atoms with Crippen molar-refractivity contribution in [1.29, 1.82) is 0 Å². The topological polar surface area (TPSA) is 106 Å². The van der Waals surface area contributed by atoms with Crippen LogP contribution in [0.4, 0.5) is 0 Å². The van der Waals surface area contributed by atoms with Gasteiger partial charge in [-0.25, -0.2) is 8.42 Å². The average Bonchev–Trinajstić information content (AvgIpc) is 2.96. The largest absolute Gasteiger partial charge is 0.497 e. The maximum Gasteiger partial charge on any atom is 0.288 e. The summed E-state index contributed by atoms with van der Waals surface area (Å²) in [6.07, 6.45) is 7.05. The minimum atomic E-state index is -3.87. The predicted molar refractivity (Wildman–Crippen MR) is 151 cm³/mol. The molecule has 0 bridgehead atoms. The van der Waals surface area contributed by atoms with Gasteiger partial charge in [-0.1, -0.05) is 49.6 Å². The first-order valence-corrected chi connectivity index (χ1v) is 15.5. The zero-order chi connectivity index (χ0) is 28.4. The summed E-state index contributed by atoms with van der Waals surface area (Å²) in [6.45, 7) is 1.06. The summed E-state index contributed by atoms with van der Waals surface area (Å²) in [4.78, 5) is 15.5. The number of ether oxygens (including phenoxy) is 3. The third-order valence-corrected chi connectivity index (χ3v) is 9.24. The standard InChI is InChI=1S/C30H40N2O7S/c1-37-26-12-14-27(15-13-26)40(35,36)32(18-20-33)19-21-38-29-23-25(24-10-6-5-7-11-24)22-28(39-29)30(34)31-16-8-3-2-4-9-17-31/h5-7,10-15,22,25,29,33H,2-4,8-9,16-21,23H2,1H3/t25-,29+/m1/s1. The third kappa shape index (κ3) is 7.84. The Labute approximate surface area is 237 Å². The van der Waals surface area contributed by atoms with Crippen molar-refractivity contribution in [1.82, 2.24) is 9.21 Å². The molecule has 2 heterocycles. The summed E-state index contributed by atoms with van der Waals surface area (Å²) in [6, 6.07) is 16.0. The van der Waals surface area contributed by atoms with E-state index >= 15 is 0 Å². The van der Waals surface area contributed by atoms with E-state index in [4.69, 9.17) is 14.2 Å². The Morgan fingerprint density at radius 2 is 1.68 bits per heavy atom. The molecule has 0 unspecified atom stereocenters. The second kappa shape index (κ2) is 14.6. The van der Waals surface area contributed by atoms with Crippen molar-refractivity contribution in [3.8, 4) is 5.75 Å². The molecule has 0 saturated carbocycles. The lowest BCUT2D eigenvalue weighted by atomic mass is 9.93. The van der Waals surface area contributed by atoms with Gasteiger partial charge in [0.05, 0.1) is 25.2 Å². The molecule has 1 N–H and O–H groups in total. The zero-order valence-corrected chi connectivity index (χ0v) is 23.9. The summed E-state index contributed by atoms with van der Waals surface area (Å²) in [5.74, 6) is 0.627. The fourth-order valence-corrected chi connectivity index (χ4v) is 6.51. The molecule has 2 aromatic rings. The summed E-state index contributed by atoms with van der Waals surface area (Å²) in [7, 11) is -2.35. The SMILES string of the molecule is COc1ccc(S(=O)(=O)N(CCO)CCO[C@@H]2C[C@H](c3ccccc3)C=C(C(=O)N3CCCCCCC3)O2)cc1. The summed E-state index contributed by atoms with van der Waals surface area (Å²) in [5, 5.41) is 9.55. The molecule has 2 aromatic carbocycles. The Balaban J connectivity index is 1.45. The highest BCUT2D eigenvalue weighted by atomic mass is 32.2. The Kier molecular flexibility index (Phi) is 11.0. The van der Waals surface area contributed by atoms with Gasteiger partial charge in [-0.2, -0.15) is 4.31 Å². The highest BCUT2D eigenvalue weighted by Crippen LogP contribution is 2.32. The van der Waals surface area contributed by atoms with Crippen molar-refractivity contribution in [2.45, 2.75) is 55.6 Å². The van der Waals surface area contributed by atoms with Crippen LogP contribution < -0.4 is 4.74 Å². The number of rotatable bonds is 11. The minimum absolute atomic E-state index is 0.0178. The average molecular weight is 573 g/mol. The van der Waals surface area contributed by atoms with Crippen molar-refractivity contribution < 1.29 is 32.5 Å². The molecule has 2 aliphatic heterocycles. The Bertz CT molecular complexity index is 1210. The Hall–Kier alpha value is -2.92. The van der Waals surface area contributed by atoms with Crippen molar-refractivity contribution in [2.24, 2.45) is 0 Å². The van der Waals surface area contributed by atoms with Crippen molar-refractivity contribution >= 4 is 15.9 Å². The Morgan fingerprint density at radius 3 is 2.33 bits per heavy atom. The number of benzene rings is 2. The second-order valence-corrected chi connectivity index (χ2v) is 12.0. The number of allylic oxidation sites excluding steroid dienone is 1. The van der Waals surface area contributed by atoms with E-state index in [0.29, 0.717) is 25.3 Å². The van der Waals surface area contributed by atoms with Crippen molar-refractivity contribution in [3.05, 3.63) is 72.0 Å².